The number of nitrogens with zero attached hydrogens (tertiary/aromatic N) is 1. The predicted octanol–water partition coefficient (Wildman–Crippen LogP) is 1.99. The summed E-state index contributed by atoms with van der Waals surface area (Å²) in [5.74, 6) is 0.0703. The first-order valence-electron chi connectivity index (χ1n) is 4.25. The molecule has 0 saturated carbocycles. The van der Waals surface area contributed by atoms with Gasteiger partial charge in [-0.3, -0.25) is 9.11 Å². The van der Waals surface area contributed by atoms with Gasteiger partial charge in [-0.05, 0) is 0 Å². The first-order chi connectivity index (χ1) is 5.67. The Morgan fingerprint density at radius 1 is 1.42 bits per heavy atom. The van der Waals surface area contributed by atoms with Gasteiger partial charge in [-0.1, -0.05) is 20.8 Å². The molecule has 0 unspecified atom stereocenters. The molecule has 1 heterocycles. The van der Waals surface area contributed by atoms with Crippen LogP contribution < -0.4 is 0 Å². The van der Waals surface area contributed by atoms with E-state index in [2.05, 4.69) is 0 Å². The van der Waals surface area contributed by atoms with E-state index in [4.69, 9.17) is 4.74 Å². The van der Waals surface area contributed by atoms with Crippen LogP contribution in [0.1, 0.15) is 20.8 Å². The van der Waals surface area contributed by atoms with Crippen LogP contribution in [0.25, 0.3) is 0 Å². The highest BCUT2D eigenvalue weighted by atomic mass is 32.3. The van der Waals surface area contributed by atoms with E-state index in [0.717, 1.165) is 0 Å². The van der Waals surface area contributed by atoms with Crippen molar-refractivity contribution in [3.8, 4) is 0 Å². The van der Waals surface area contributed by atoms with E-state index in [1.807, 2.05) is 20.8 Å². The molecular weight excluding hydrogens is 178 g/mol. The fourth-order valence-electron chi connectivity index (χ4n) is 0.923. The smallest absolute Gasteiger partial charge is 0.150 e. The summed E-state index contributed by atoms with van der Waals surface area (Å²) in [4.78, 5) is 0. The molecule has 0 atom stereocenters. The summed E-state index contributed by atoms with van der Waals surface area (Å²) < 4.78 is 25.1. The van der Waals surface area contributed by atoms with E-state index in [1.54, 1.807) is 4.31 Å². The van der Waals surface area contributed by atoms with Crippen LogP contribution >= 0.6 is 10.8 Å². The van der Waals surface area contributed by atoms with Crippen LogP contribution in [0, 0.1) is 0 Å². The van der Waals surface area contributed by atoms with Gasteiger partial charge in [0, 0.05) is 13.1 Å². The van der Waals surface area contributed by atoms with Crippen molar-refractivity contribution >= 4 is 10.8 Å². The van der Waals surface area contributed by atoms with Gasteiger partial charge in [0.15, 0.2) is 5.94 Å². The van der Waals surface area contributed by atoms with Crippen LogP contribution in [0.2, 0.25) is 0 Å². The molecule has 5 heteroatoms. The Morgan fingerprint density at radius 3 is 2.33 bits per heavy atom. The highest BCUT2D eigenvalue weighted by Crippen LogP contribution is 2.44. The number of hydrogen-bond acceptors (Lipinski definition) is 4. The second-order valence-electron chi connectivity index (χ2n) is 2.18. The second kappa shape index (κ2) is 5.77. The monoisotopic (exact) mass is 197 g/mol. The van der Waals surface area contributed by atoms with E-state index in [1.165, 1.54) is 0 Å². The Hall–Kier alpha value is 0.190. The molecule has 4 nitrogen and oxygen atoms in total. The normalized spacial score (nSPS) is 25.4. The van der Waals surface area contributed by atoms with Gasteiger partial charge in [-0.25, -0.2) is 4.31 Å². The zero-order valence-electron chi connectivity index (χ0n) is 7.99. The van der Waals surface area contributed by atoms with Gasteiger partial charge in [0.1, 0.15) is 0 Å². The molecule has 0 aromatic rings. The molecule has 2 N–H and O–H groups in total. The Bertz CT molecular complexity index is 121. The molecule has 0 bridgehead atoms. The van der Waals surface area contributed by atoms with Crippen molar-refractivity contribution in [3.05, 3.63) is 0 Å². The molecule has 12 heavy (non-hydrogen) atoms. The number of likely N-dealkylation sites (N-methyl/N-ethyl adjacent to an activating group) is 1. The highest BCUT2D eigenvalue weighted by Gasteiger charge is 2.24. The quantitative estimate of drug-likeness (QED) is 0.675. The molecule has 1 saturated heterocycles. The van der Waals surface area contributed by atoms with Crippen molar-refractivity contribution in [2.45, 2.75) is 20.8 Å². The van der Waals surface area contributed by atoms with Crippen molar-refractivity contribution in [3.63, 3.8) is 0 Å². The van der Waals surface area contributed by atoms with E-state index >= 15 is 0 Å². The van der Waals surface area contributed by atoms with Crippen LogP contribution in [-0.4, -0.2) is 39.0 Å². The molecule has 0 aromatic heterocycles. The maximum atomic E-state index is 9.27. The topological polar surface area (TPSA) is 52.9 Å². The lowest BCUT2D eigenvalue weighted by molar-refractivity contribution is 0.118. The van der Waals surface area contributed by atoms with Crippen molar-refractivity contribution < 1.29 is 13.8 Å². The predicted molar refractivity (Wildman–Crippen MR) is 52.3 cm³/mol. The lowest BCUT2D eigenvalue weighted by atomic mass is 10.6. The maximum Gasteiger partial charge on any atom is 0.150 e. The minimum Gasteiger partial charge on any atom is -0.358 e. The standard InChI is InChI=1S/C5H13NO3S.C2H6/c1-2-6-3-4-9-5-10(6,7)8;1-2/h7-8H,2-5H2,1H3;1-2H3. The maximum absolute atomic E-state index is 9.27. The zero-order chi connectivity index (χ0) is 9.61. The summed E-state index contributed by atoms with van der Waals surface area (Å²) in [6.07, 6.45) is 0. The molecule has 0 amide bonds. The highest BCUT2D eigenvalue weighted by molar-refractivity contribution is 8.22. The van der Waals surface area contributed by atoms with Crippen molar-refractivity contribution in [1.29, 1.82) is 0 Å². The minimum absolute atomic E-state index is 0.0703. The van der Waals surface area contributed by atoms with Gasteiger partial charge in [0.05, 0.1) is 6.61 Å². The first kappa shape index (κ1) is 12.2. The third-order valence-electron chi connectivity index (χ3n) is 1.49. The molecule has 0 aromatic carbocycles. The van der Waals surface area contributed by atoms with Crippen molar-refractivity contribution in [2.75, 3.05) is 25.6 Å². The van der Waals surface area contributed by atoms with E-state index in [0.29, 0.717) is 19.7 Å². The average molecular weight is 197 g/mol. The van der Waals surface area contributed by atoms with Crippen LogP contribution in [-0.2, 0) is 4.74 Å². The number of ether oxygens (including phenoxy) is 1. The molecule has 0 spiro atoms. The summed E-state index contributed by atoms with van der Waals surface area (Å²) in [6, 6.07) is 0. The molecule has 1 fully saturated rings. The SMILES string of the molecule is CC.CCN1CCOCS1(O)O. The van der Waals surface area contributed by atoms with Crippen molar-refractivity contribution in [1.82, 2.24) is 4.31 Å². The molecule has 1 aliphatic rings. The lowest BCUT2D eigenvalue weighted by Crippen LogP contribution is -2.37. The Morgan fingerprint density at radius 2 is 2.00 bits per heavy atom. The van der Waals surface area contributed by atoms with E-state index < -0.39 is 10.8 Å². The van der Waals surface area contributed by atoms with Gasteiger partial charge < -0.3 is 4.74 Å². The van der Waals surface area contributed by atoms with Crippen LogP contribution in [0.5, 0.6) is 0 Å². The summed E-state index contributed by atoms with van der Waals surface area (Å²) in [5, 5.41) is 0. The Balaban J connectivity index is 0.000000561. The van der Waals surface area contributed by atoms with Gasteiger partial charge >= 0.3 is 0 Å². The van der Waals surface area contributed by atoms with E-state index in [-0.39, 0.29) is 5.94 Å². The molecule has 0 radical (unpaired) electrons. The zero-order valence-corrected chi connectivity index (χ0v) is 8.80. The summed E-state index contributed by atoms with van der Waals surface area (Å²) in [7, 11) is -2.56. The minimum atomic E-state index is -2.56. The number of hydrogen-bond donors (Lipinski definition) is 2. The van der Waals surface area contributed by atoms with Gasteiger partial charge in [0.2, 0.25) is 0 Å². The molecular formula is C7H19NO3S. The molecule has 76 valence electrons. The molecule has 0 aliphatic carbocycles. The third kappa shape index (κ3) is 3.28. The summed E-state index contributed by atoms with van der Waals surface area (Å²) >= 11 is 0. The van der Waals surface area contributed by atoms with Crippen LogP contribution in [0.4, 0.5) is 0 Å². The number of rotatable bonds is 1. The van der Waals surface area contributed by atoms with Crippen molar-refractivity contribution in [2.24, 2.45) is 0 Å². The fourth-order valence-corrected chi connectivity index (χ4v) is 2.19. The first-order valence-corrected chi connectivity index (χ1v) is 5.93. The van der Waals surface area contributed by atoms with Crippen LogP contribution in [0.3, 0.4) is 0 Å². The van der Waals surface area contributed by atoms with E-state index in [9.17, 15) is 9.11 Å². The Labute approximate surface area is 76.0 Å². The largest absolute Gasteiger partial charge is 0.358 e. The average Bonchev–Trinajstić information content (AvgIpc) is 2.07. The summed E-state index contributed by atoms with van der Waals surface area (Å²) in [5.41, 5.74) is 0. The van der Waals surface area contributed by atoms with Crippen LogP contribution in [0.15, 0.2) is 0 Å². The van der Waals surface area contributed by atoms with Gasteiger partial charge in [0.25, 0.3) is 0 Å². The second-order valence-corrected chi connectivity index (χ2v) is 4.20. The third-order valence-corrected chi connectivity index (χ3v) is 3.24. The lowest BCUT2D eigenvalue weighted by Gasteiger charge is -2.44. The van der Waals surface area contributed by atoms with Gasteiger partial charge in [-0.2, -0.15) is 0 Å². The summed E-state index contributed by atoms with van der Waals surface area (Å²) in [6.45, 7) is 7.80. The van der Waals surface area contributed by atoms with Gasteiger partial charge in [-0.15, -0.1) is 10.8 Å². The fraction of sp³-hybridized carbons (Fsp3) is 1.00. The molecule has 1 aliphatic heterocycles. The molecule has 1 rings (SSSR count). The Kier molecular flexibility index (Phi) is 5.86.